The van der Waals surface area contributed by atoms with Crippen LogP contribution >= 0.6 is 0 Å². The van der Waals surface area contributed by atoms with Gasteiger partial charge < -0.3 is 20.7 Å². The molecule has 1 aliphatic rings. The van der Waals surface area contributed by atoms with Gasteiger partial charge in [-0.1, -0.05) is 0 Å². The van der Waals surface area contributed by atoms with Gasteiger partial charge in [0.15, 0.2) is 6.61 Å². The maximum Gasteiger partial charge on any atom is 0.422 e. The third-order valence-corrected chi connectivity index (χ3v) is 4.36. The highest BCUT2D eigenvalue weighted by atomic mass is 19.4. The zero-order chi connectivity index (χ0) is 21.0. The first-order valence-electron chi connectivity index (χ1n) is 8.89. The molecule has 1 aromatic carbocycles. The third-order valence-electron chi connectivity index (χ3n) is 4.36. The van der Waals surface area contributed by atoms with Crippen LogP contribution in [0.25, 0.3) is 0 Å². The Hall–Kier alpha value is -3.30. The predicted octanol–water partition coefficient (Wildman–Crippen LogP) is 2.97. The lowest BCUT2D eigenvalue weighted by Crippen LogP contribution is -2.22. The number of nitrogens with two attached hydrogens (primary N) is 1. The van der Waals surface area contributed by atoms with Crippen molar-refractivity contribution in [1.82, 2.24) is 4.98 Å². The second-order valence-corrected chi connectivity index (χ2v) is 6.53. The number of halogens is 3. The number of hydrogen-bond acceptors (Lipinski definition) is 5. The summed E-state index contributed by atoms with van der Waals surface area (Å²) in [5, 5.41) is 2.73. The fourth-order valence-corrected chi connectivity index (χ4v) is 2.97. The summed E-state index contributed by atoms with van der Waals surface area (Å²) in [6.07, 6.45) is -1.31. The van der Waals surface area contributed by atoms with Crippen LogP contribution < -0.4 is 20.7 Å². The predicted molar refractivity (Wildman–Crippen MR) is 100 cm³/mol. The number of carbonyl (C=O) groups excluding carboxylic acids is 2. The van der Waals surface area contributed by atoms with E-state index in [0.29, 0.717) is 5.69 Å². The molecule has 154 valence electrons. The standard InChI is InChI=1S/C19H19F3N4O3/c20-19(21,22)11-29-16-6-4-13(10-24-16)18(28)25-14-9-12(17(23)27)3-5-15(14)26-7-1-2-8-26/h3-6,9-10H,1-2,7-8,11H2,(H2,23,27)(H,25,28). The van der Waals surface area contributed by atoms with Crippen LogP contribution in [0, 0.1) is 0 Å². The summed E-state index contributed by atoms with van der Waals surface area (Å²) in [4.78, 5) is 29.9. The van der Waals surface area contributed by atoms with Crippen molar-refractivity contribution >= 4 is 23.2 Å². The second kappa shape index (κ2) is 8.38. The van der Waals surface area contributed by atoms with Gasteiger partial charge in [-0.3, -0.25) is 9.59 Å². The second-order valence-electron chi connectivity index (χ2n) is 6.53. The topological polar surface area (TPSA) is 97.6 Å². The molecule has 2 aromatic rings. The highest BCUT2D eigenvalue weighted by Crippen LogP contribution is 2.30. The van der Waals surface area contributed by atoms with Gasteiger partial charge in [0, 0.05) is 30.9 Å². The molecule has 0 spiro atoms. The molecule has 0 bridgehead atoms. The quantitative estimate of drug-likeness (QED) is 0.766. The van der Waals surface area contributed by atoms with Gasteiger partial charge >= 0.3 is 6.18 Å². The Morgan fingerprint density at radius 3 is 2.41 bits per heavy atom. The van der Waals surface area contributed by atoms with Gasteiger partial charge in [-0.25, -0.2) is 4.98 Å². The van der Waals surface area contributed by atoms with E-state index in [9.17, 15) is 22.8 Å². The van der Waals surface area contributed by atoms with E-state index in [1.807, 2.05) is 0 Å². The van der Waals surface area contributed by atoms with E-state index in [1.165, 1.54) is 18.2 Å². The highest BCUT2D eigenvalue weighted by molar-refractivity contribution is 6.07. The number of pyridine rings is 1. The van der Waals surface area contributed by atoms with Gasteiger partial charge in [-0.2, -0.15) is 13.2 Å². The summed E-state index contributed by atoms with van der Waals surface area (Å²) in [5.41, 5.74) is 6.89. The fraction of sp³-hybridized carbons (Fsp3) is 0.316. The average Bonchev–Trinajstić information content (AvgIpc) is 3.20. The Bertz CT molecular complexity index is 895. The molecule has 7 nitrogen and oxygen atoms in total. The van der Waals surface area contributed by atoms with Crippen molar-refractivity contribution < 1.29 is 27.5 Å². The Labute approximate surface area is 164 Å². The smallest absolute Gasteiger partial charge is 0.422 e. The molecule has 3 rings (SSSR count). The number of anilines is 2. The molecular weight excluding hydrogens is 389 g/mol. The number of nitrogens with zero attached hydrogens (tertiary/aromatic N) is 2. The maximum absolute atomic E-state index is 12.6. The first kappa shape index (κ1) is 20.4. The lowest BCUT2D eigenvalue weighted by Gasteiger charge is -2.22. The molecule has 2 heterocycles. The summed E-state index contributed by atoms with van der Waals surface area (Å²) < 4.78 is 41.1. The van der Waals surface area contributed by atoms with Crippen molar-refractivity contribution in [2.75, 3.05) is 29.9 Å². The zero-order valence-corrected chi connectivity index (χ0v) is 15.3. The molecule has 0 atom stereocenters. The third kappa shape index (κ3) is 5.37. The monoisotopic (exact) mass is 408 g/mol. The molecule has 1 fully saturated rings. The number of carbonyl (C=O) groups is 2. The number of primary amides is 1. The SMILES string of the molecule is NC(=O)c1ccc(N2CCCC2)c(NC(=O)c2ccc(OCC(F)(F)F)nc2)c1. The van der Waals surface area contributed by atoms with Crippen LogP contribution in [0.4, 0.5) is 24.5 Å². The van der Waals surface area contributed by atoms with Crippen molar-refractivity contribution in [2.24, 2.45) is 5.73 Å². The van der Waals surface area contributed by atoms with Crippen LogP contribution in [-0.4, -0.2) is 42.7 Å². The maximum atomic E-state index is 12.6. The number of benzene rings is 1. The minimum atomic E-state index is -4.48. The lowest BCUT2D eigenvalue weighted by atomic mass is 10.1. The van der Waals surface area contributed by atoms with Crippen LogP contribution in [0.5, 0.6) is 5.88 Å². The summed E-state index contributed by atoms with van der Waals surface area (Å²) in [7, 11) is 0. The van der Waals surface area contributed by atoms with Gasteiger partial charge in [0.05, 0.1) is 16.9 Å². The summed E-state index contributed by atoms with van der Waals surface area (Å²) >= 11 is 0. The minimum Gasteiger partial charge on any atom is -0.468 e. The molecule has 1 saturated heterocycles. The molecule has 3 N–H and O–H groups in total. The average molecular weight is 408 g/mol. The first-order valence-corrected chi connectivity index (χ1v) is 8.89. The number of hydrogen-bond donors (Lipinski definition) is 2. The molecule has 1 aliphatic heterocycles. The van der Waals surface area contributed by atoms with Crippen molar-refractivity contribution in [1.29, 1.82) is 0 Å². The molecule has 2 amide bonds. The molecule has 0 aliphatic carbocycles. The van der Waals surface area contributed by atoms with E-state index in [-0.39, 0.29) is 17.0 Å². The van der Waals surface area contributed by atoms with E-state index in [0.717, 1.165) is 37.8 Å². The number of ether oxygens (including phenoxy) is 1. The lowest BCUT2D eigenvalue weighted by molar-refractivity contribution is -0.154. The van der Waals surface area contributed by atoms with E-state index >= 15 is 0 Å². The van der Waals surface area contributed by atoms with Crippen LogP contribution in [0.1, 0.15) is 33.6 Å². The summed E-state index contributed by atoms with van der Waals surface area (Å²) in [6.45, 7) is 0.182. The van der Waals surface area contributed by atoms with Crippen LogP contribution in [-0.2, 0) is 0 Å². The largest absolute Gasteiger partial charge is 0.468 e. The Morgan fingerprint density at radius 1 is 1.14 bits per heavy atom. The molecule has 1 aromatic heterocycles. The molecule has 0 unspecified atom stereocenters. The molecule has 10 heteroatoms. The molecule has 0 radical (unpaired) electrons. The Morgan fingerprint density at radius 2 is 1.83 bits per heavy atom. The normalized spacial score (nSPS) is 14.0. The van der Waals surface area contributed by atoms with Gasteiger partial charge in [-0.05, 0) is 37.1 Å². The van der Waals surface area contributed by atoms with Crippen LogP contribution in [0.2, 0.25) is 0 Å². The number of amides is 2. The van der Waals surface area contributed by atoms with Crippen molar-refractivity contribution in [2.45, 2.75) is 19.0 Å². The Balaban J connectivity index is 1.77. The number of nitrogens with one attached hydrogen (secondary N) is 1. The highest BCUT2D eigenvalue weighted by Gasteiger charge is 2.28. The van der Waals surface area contributed by atoms with Gasteiger partial charge in [0.2, 0.25) is 11.8 Å². The van der Waals surface area contributed by atoms with Crippen molar-refractivity contribution in [3.63, 3.8) is 0 Å². The van der Waals surface area contributed by atoms with Crippen molar-refractivity contribution in [3.8, 4) is 5.88 Å². The first-order chi connectivity index (χ1) is 13.7. The van der Waals surface area contributed by atoms with E-state index in [4.69, 9.17) is 5.73 Å². The number of aromatic nitrogens is 1. The van der Waals surface area contributed by atoms with E-state index in [2.05, 4.69) is 19.9 Å². The Kier molecular flexibility index (Phi) is 5.90. The molecular formula is C19H19F3N4O3. The molecule has 29 heavy (non-hydrogen) atoms. The van der Waals surface area contributed by atoms with Gasteiger partial charge in [-0.15, -0.1) is 0 Å². The van der Waals surface area contributed by atoms with Crippen LogP contribution in [0.15, 0.2) is 36.5 Å². The fourth-order valence-electron chi connectivity index (χ4n) is 2.97. The number of rotatable bonds is 6. The summed E-state index contributed by atoms with van der Waals surface area (Å²) in [6, 6.07) is 7.32. The van der Waals surface area contributed by atoms with E-state index < -0.39 is 24.6 Å². The zero-order valence-electron chi connectivity index (χ0n) is 15.3. The number of alkyl halides is 3. The van der Waals surface area contributed by atoms with Gasteiger partial charge in [0.25, 0.3) is 5.91 Å². The minimum absolute atomic E-state index is 0.126. The molecule has 0 saturated carbocycles. The van der Waals surface area contributed by atoms with Crippen LogP contribution in [0.3, 0.4) is 0 Å². The van der Waals surface area contributed by atoms with Crippen molar-refractivity contribution in [3.05, 3.63) is 47.7 Å². The summed E-state index contributed by atoms with van der Waals surface area (Å²) in [5.74, 6) is -1.39. The van der Waals surface area contributed by atoms with E-state index in [1.54, 1.807) is 12.1 Å². The van der Waals surface area contributed by atoms with Gasteiger partial charge in [0.1, 0.15) is 0 Å².